The Hall–Kier alpha value is -3.02. The van der Waals surface area contributed by atoms with Gasteiger partial charge in [0.15, 0.2) is 0 Å². The lowest BCUT2D eigenvalue weighted by Crippen LogP contribution is -2.34. The second-order valence-electron chi connectivity index (χ2n) is 6.98. The number of fused-ring (bicyclic) bond motifs is 1. The van der Waals surface area contributed by atoms with E-state index in [1.807, 2.05) is 17.0 Å². The maximum absolute atomic E-state index is 13.1. The summed E-state index contributed by atoms with van der Waals surface area (Å²) in [5.74, 6) is -0.318. The van der Waals surface area contributed by atoms with E-state index in [1.54, 1.807) is 31.3 Å². The van der Waals surface area contributed by atoms with Crippen molar-refractivity contribution in [1.82, 2.24) is 14.7 Å². The molecule has 2 aromatic carbocycles. The average molecular weight is 365 g/mol. The zero-order chi connectivity index (χ0) is 19.0. The molecule has 3 aromatic rings. The van der Waals surface area contributed by atoms with E-state index >= 15 is 0 Å². The fraction of sp³-hybridized carbons (Fsp3) is 0.286. The molecule has 27 heavy (non-hydrogen) atoms. The summed E-state index contributed by atoms with van der Waals surface area (Å²) in [7, 11) is 1.60. The molecule has 1 aromatic heterocycles. The van der Waals surface area contributed by atoms with Crippen LogP contribution in [0.25, 0.3) is 10.8 Å². The maximum atomic E-state index is 13.1. The zero-order valence-electron chi connectivity index (χ0n) is 15.1. The summed E-state index contributed by atoms with van der Waals surface area (Å²) >= 11 is 0. The average Bonchev–Trinajstić information content (AvgIpc) is 3.50. The van der Waals surface area contributed by atoms with Gasteiger partial charge in [-0.3, -0.25) is 9.59 Å². The Balaban J connectivity index is 1.62. The van der Waals surface area contributed by atoms with Crippen LogP contribution >= 0.6 is 0 Å². The fourth-order valence-electron chi connectivity index (χ4n) is 3.34. The molecule has 0 unspecified atom stereocenters. The minimum Gasteiger partial charge on any atom is -0.335 e. The number of benzene rings is 2. The van der Waals surface area contributed by atoms with Gasteiger partial charge < -0.3 is 4.90 Å². The first-order valence-corrected chi connectivity index (χ1v) is 9.02. The van der Waals surface area contributed by atoms with Gasteiger partial charge in [0, 0.05) is 25.0 Å². The van der Waals surface area contributed by atoms with Crippen molar-refractivity contribution in [2.75, 3.05) is 0 Å². The molecule has 0 bridgehead atoms. The first-order valence-electron chi connectivity index (χ1n) is 9.02. The van der Waals surface area contributed by atoms with Gasteiger partial charge in [-0.15, -0.1) is 0 Å². The van der Waals surface area contributed by atoms with Crippen molar-refractivity contribution in [1.29, 1.82) is 0 Å². The van der Waals surface area contributed by atoms with Crippen LogP contribution in [-0.2, 0) is 24.8 Å². The molecule has 1 fully saturated rings. The van der Waals surface area contributed by atoms with E-state index in [9.17, 15) is 14.0 Å². The summed E-state index contributed by atoms with van der Waals surface area (Å²) in [6.07, 6.45) is 2.09. The molecule has 6 heteroatoms. The molecular formula is C21H20FN3O2. The predicted octanol–water partition coefficient (Wildman–Crippen LogP) is 2.81. The number of carbonyl (C=O) groups excluding carboxylic acids is 1. The number of aromatic nitrogens is 2. The number of hydrogen-bond donors (Lipinski definition) is 0. The topological polar surface area (TPSA) is 55.2 Å². The minimum atomic E-state index is -0.288. The largest absolute Gasteiger partial charge is 0.335 e. The zero-order valence-corrected chi connectivity index (χ0v) is 15.1. The van der Waals surface area contributed by atoms with Crippen LogP contribution in [-0.4, -0.2) is 26.6 Å². The minimum absolute atomic E-state index is 0.0295. The molecule has 4 rings (SSSR count). The van der Waals surface area contributed by atoms with Gasteiger partial charge in [0.05, 0.1) is 17.5 Å². The van der Waals surface area contributed by atoms with Gasteiger partial charge in [0.1, 0.15) is 5.82 Å². The monoisotopic (exact) mass is 365 g/mol. The predicted molar refractivity (Wildman–Crippen MR) is 101 cm³/mol. The molecule has 1 amide bonds. The van der Waals surface area contributed by atoms with E-state index < -0.39 is 0 Å². The summed E-state index contributed by atoms with van der Waals surface area (Å²) in [5.41, 5.74) is 1.32. The third kappa shape index (κ3) is 3.60. The molecule has 0 aliphatic heterocycles. The Bertz CT molecular complexity index is 1060. The van der Waals surface area contributed by atoms with Crippen LogP contribution < -0.4 is 5.56 Å². The smallest absolute Gasteiger partial charge is 0.274 e. The highest BCUT2D eigenvalue weighted by Gasteiger charge is 2.33. The van der Waals surface area contributed by atoms with Crippen molar-refractivity contribution >= 4 is 16.7 Å². The van der Waals surface area contributed by atoms with Crippen molar-refractivity contribution in [3.05, 3.63) is 76.0 Å². The highest BCUT2D eigenvalue weighted by atomic mass is 19.1. The van der Waals surface area contributed by atoms with Gasteiger partial charge in [-0.05, 0) is 36.6 Å². The lowest BCUT2D eigenvalue weighted by molar-refractivity contribution is -0.131. The van der Waals surface area contributed by atoms with Crippen molar-refractivity contribution in [3.8, 4) is 0 Å². The Morgan fingerprint density at radius 1 is 1.15 bits per heavy atom. The number of rotatable bonds is 5. The normalized spacial score (nSPS) is 13.7. The van der Waals surface area contributed by atoms with Crippen LogP contribution in [0.1, 0.15) is 24.1 Å². The number of carbonyl (C=O) groups is 1. The summed E-state index contributed by atoms with van der Waals surface area (Å²) in [4.78, 5) is 27.1. The van der Waals surface area contributed by atoms with Crippen LogP contribution in [0.3, 0.4) is 0 Å². The molecule has 0 spiro atoms. The standard InChI is InChI=1S/C21H20FN3O2/c1-24-21(27)18-5-3-2-4-17(18)19(23-24)12-20(26)25(16-10-11-16)13-14-6-8-15(22)9-7-14/h2-9,16H,10-13H2,1H3. The second kappa shape index (κ2) is 6.95. The van der Waals surface area contributed by atoms with Crippen LogP contribution in [0, 0.1) is 5.82 Å². The summed E-state index contributed by atoms with van der Waals surface area (Å²) < 4.78 is 14.4. The van der Waals surface area contributed by atoms with Gasteiger partial charge in [-0.2, -0.15) is 5.10 Å². The highest BCUT2D eigenvalue weighted by Crippen LogP contribution is 2.29. The second-order valence-corrected chi connectivity index (χ2v) is 6.98. The molecule has 0 saturated heterocycles. The third-order valence-corrected chi connectivity index (χ3v) is 4.93. The third-order valence-electron chi connectivity index (χ3n) is 4.93. The van der Waals surface area contributed by atoms with Crippen molar-refractivity contribution in [2.24, 2.45) is 7.05 Å². The lowest BCUT2D eigenvalue weighted by atomic mass is 10.1. The van der Waals surface area contributed by atoms with Crippen molar-refractivity contribution in [2.45, 2.75) is 31.8 Å². The number of halogens is 1. The molecule has 1 aliphatic carbocycles. The van der Waals surface area contributed by atoms with E-state index in [0.717, 1.165) is 18.4 Å². The number of nitrogens with zero attached hydrogens (tertiary/aromatic N) is 3. The van der Waals surface area contributed by atoms with E-state index in [1.165, 1.54) is 16.8 Å². The van der Waals surface area contributed by atoms with Gasteiger partial charge in [-0.25, -0.2) is 9.07 Å². The quantitative estimate of drug-likeness (QED) is 0.699. The van der Waals surface area contributed by atoms with Crippen LogP contribution in [0.2, 0.25) is 0 Å². The summed E-state index contributed by atoms with van der Waals surface area (Å²) in [6, 6.07) is 13.7. The van der Waals surface area contributed by atoms with Crippen LogP contribution in [0.15, 0.2) is 53.3 Å². The van der Waals surface area contributed by atoms with Crippen molar-refractivity contribution in [3.63, 3.8) is 0 Å². The molecule has 0 radical (unpaired) electrons. The van der Waals surface area contributed by atoms with Gasteiger partial charge in [0.2, 0.25) is 5.91 Å². The Labute approximate surface area is 156 Å². The van der Waals surface area contributed by atoms with E-state index in [4.69, 9.17) is 0 Å². The fourth-order valence-corrected chi connectivity index (χ4v) is 3.34. The van der Waals surface area contributed by atoms with Gasteiger partial charge >= 0.3 is 0 Å². The number of hydrogen-bond acceptors (Lipinski definition) is 3. The summed E-state index contributed by atoms with van der Waals surface area (Å²) in [5, 5.41) is 5.61. The van der Waals surface area contributed by atoms with Crippen LogP contribution in [0.5, 0.6) is 0 Å². The Morgan fingerprint density at radius 3 is 2.48 bits per heavy atom. The highest BCUT2D eigenvalue weighted by molar-refractivity contribution is 5.88. The number of amides is 1. The first-order chi connectivity index (χ1) is 13.0. The van der Waals surface area contributed by atoms with Crippen molar-refractivity contribution < 1.29 is 9.18 Å². The van der Waals surface area contributed by atoms with E-state index in [2.05, 4.69) is 5.10 Å². The molecule has 1 saturated carbocycles. The van der Waals surface area contributed by atoms with E-state index in [0.29, 0.717) is 23.0 Å². The molecule has 0 atom stereocenters. The summed E-state index contributed by atoms with van der Waals surface area (Å²) in [6.45, 7) is 0.452. The lowest BCUT2D eigenvalue weighted by Gasteiger charge is -2.23. The van der Waals surface area contributed by atoms with Crippen LogP contribution in [0.4, 0.5) is 4.39 Å². The Morgan fingerprint density at radius 2 is 1.81 bits per heavy atom. The molecular weight excluding hydrogens is 345 g/mol. The number of aryl methyl sites for hydroxylation is 1. The molecule has 1 aliphatic rings. The Kier molecular flexibility index (Phi) is 4.48. The molecule has 1 heterocycles. The molecule has 138 valence electrons. The van der Waals surface area contributed by atoms with Gasteiger partial charge in [-0.1, -0.05) is 30.3 Å². The SMILES string of the molecule is Cn1nc(CC(=O)N(Cc2ccc(F)cc2)C2CC2)c2ccccc2c1=O. The van der Waals surface area contributed by atoms with E-state index in [-0.39, 0.29) is 29.7 Å². The molecule has 0 N–H and O–H groups in total. The van der Waals surface area contributed by atoms with Gasteiger partial charge in [0.25, 0.3) is 5.56 Å². The first kappa shape index (κ1) is 17.4. The maximum Gasteiger partial charge on any atom is 0.274 e. The molecule has 5 nitrogen and oxygen atoms in total.